The molecule has 0 aromatic heterocycles. The highest BCUT2D eigenvalue weighted by Gasteiger charge is 2.19. The van der Waals surface area contributed by atoms with Crippen LogP contribution in [0.3, 0.4) is 0 Å². The number of nitrogens with zero attached hydrogens (tertiary/aromatic N) is 1. The predicted molar refractivity (Wildman–Crippen MR) is 73.5 cm³/mol. The summed E-state index contributed by atoms with van der Waals surface area (Å²) in [6.45, 7) is 12.0. The van der Waals surface area contributed by atoms with E-state index in [-0.39, 0.29) is 0 Å². The molecule has 3 heteroatoms. The average molecular weight is 242 g/mol. The Morgan fingerprint density at radius 3 is 2.59 bits per heavy atom. The first-order valence-electron chi connectivity index (χ1n) is 7.33. The van der Waals surface area contributed by atoms with Crippen LogP contribution in [0.15, 0.2) is 0 Å². The molecule has 0 heterocycles. The van der Waals surface area contributed by atoms with Crippen molar-refractivity contribution in [1.82, 2.24) is 10.2 Å². The molecule has 1 N–H and O–H groups in total. The third-order valence-electron chi connectivity index (χ3n) is 3.50. The Hall–Kier alpha value is -0.120. The Balaban J connectivity index is 1.87. The molecule has 0 bridgehead atoms. The van der Waals surface area contributed by atoms with Crippen LogP contribution in [0.1, 0.15) is 46.5 Å². The van der Waals surface area contributed by atoms with Crippen molar-refractivity contribution in [3.05, 3.63) is 0 Å². The molecule has 1 aliphatic rings. The molecule has 1 aliphatic carbocycles. The summed E-state index contributed by atoms with van der Waals surface area (Å²) in [5.74, 6) is 0. The molecule has 0 radical (unpaired) electrons. The normalized spacial score (nSPS) is 17.6. The smallest absolute Gasteiger partial charge is 0.0597 e. The molecule has 0 saturated heterocycles. The van der Waals surface area contributed by atoms with Crippen molar-refractivity contribution >= 4 is 0 Å². The number of hydrogen-bond acceptors (Lipinski definition) is 3. The summed E-state index contributed by atoms with van der Waals surface area (Å²) in [6, 6.07) is 0.842. The minimum absolute atomic E-state index is 0.409. The van der Waals surface area contributed by atoms with Crippen LogP contribution in [0, 0.1) is 0 Å². The SMILES string of the molecule is CCN(CC)CCOC(C)CCCNC1CC1. The lowest BCUT2D eigenvalue weighted by atomic mass is 10.2. The van der Waals surface area contributed by atoms with Crippen molar-refractivity contribution in [2.75, 3.05) is 32.8 Å². The fourth-order valence-electron chi connectivity index (χ4n) is 1.99. The van der Waals surface area contributed by atoms with Crippen LogP contribution in [0.4, 0.5) is 0 Å². The van der Waals surface area contributed by atoms with E-state index >= 15 is 0 Å². The van der Waals surface area contributed by atoms with Crippen LogP contribution in [-0.2, 0) is 4.74 Å². The van der Waals surface area contributed by atoms with Gasteiger partial charge < -0.3 is 15.0 Å². The largest absolute Gasteiger partial charge is 0.377 e. The molecule has 0 spiro atoms. The summed E-state index contributed by atoms with van der Waals surface area (Å²) in [4.78, 5) is 2.40. The number of hydrogen-bond donors (Lipinski definition) is 1. The molecule has 0 aliphatic heterocycles. The van der Waals surface area contributed by atoms with Gasteiger partial charge in [0, 0.05) is 12.6 Å². The van der Waals surface area contributed by atoms with Gasteiger partial charge in [-0.05, 0) is 52.2 Å². The van der Waals surface area contributed by atoms with Crippen LogP contribution >= 0.6 is 0 Å². The van der Waals surface area contributed by atoms with Gasteiger partial charge in [0.2, 0.25) is 0 Å². The monoisotopic (exact) mass is 242 g/mol. The second-order valence-electron chi connectivity index (χ2n) is 5.08. The number of rotatable bonds is 11. The van der Waals surface area contributed by atoms with Crippen LogP contribution in [-0.4, -0.2) is 49.8 Å². The van der Waals surface area contributed by atoms with Crippen molar-refractivity contribution in [2.24, 2.45) is 0 Å². The molecule has 1 unspecified atom stereocenters. The maximum absolute atomic E-state index is 5.83. The second-order valence-corrected chi connectivity index (χ2v) is 5.08. The molecule has 0 aromatic rings. The van der Waals surface area contributed by atoms with Crippen LogP contribution < -0.4 is 5.32 Å². The summed E-state index contributed by atoms with van der Waals surface area (Å²) in [7, 11) is 0. The lowest BCUT2D eigenvalue weighted by Gasteiger charge is -2.20. The highest BCUT2D eigenvalue weighted by molar-refractivity contribution is 4.80. The summed E-state index contributed by atoms with van der Waals surface area (Å²) in [5, 5.41) is 3.54. The topological polar surface area (TPSA) is 24.5 Å². The number of ether oxygens (including phenoxy) is 1. The van der Waals surface area contributed by atoms with E-state index in [9.17, 15) is 0 Å². The first-order valence-corrected chi connectivity index (χ1v) is 7.33. The Morgan fingerprint density at radius 1 is 1.29 bits per heavy atom. The van der Waals surface area contributed by atoms with Gasteiger partial charge in [-0.1, -0.05) is 13.8 Å². The van der Waals surface area contributed by atoms with E-state index in [1.807, 2.05) is 0 Å². The first kappa shape index (κ1) is 14.9. The minimum Gasteiger partial charge on any atom is -0.377 e. The van der Waals surface area contributed by atoms with E-state index in [1.54, 1.807) is 0 Å². The maximum atomic E-state index is 5.83. The molecule has 17 heavy (non-hydrogen) atoms. The van der Waals surface area contributed by atoms with E-state index in [4.69, 9.17) is 4.74 Å². The Bertz CT molecular complexity index is 179. The van der Waals surface area contributed by atoms with Crippen LogP contribution in [0.5, 0.6) is 0 Å². The summed E-state index contributed by atoms with van der Waals surface area (Å²) < 4.78 is 5.83. The fraction of sp³-hybridized carbons (Fsp3) is 1.00. The van der Waals surface area contributed by atoms with Gasteiger partial charge >= 0.3 is 0 Å². The van der Waals surface area contributed by atoms with Gasteiger partial charge in [0.15, 0.2) is 0 Å². The number of nitrogens with one attached hydrogen (secondary N) is 1. The van der Waals surface area contributed by atoms with Gasteiger partial charge in [-0.25, -0.2) is 0 Å². The van der Waals surface area contributed by atoms with Gasteiger partial charge in [-0.2, -0.15) is 0 Å². The van der Waals surface area contributed by atoms with Crippen LogP contribution in [0.2, 0.25) is 0 Å². The minimum atomic E-state index is 0.409. The molecular weight excluding hydrogens is 212 g/mol. The Kier molecular flexibility index (Phi) is 7.82. The molecule has 1 fully saturated rings. The Labute approximate surface area is 107 Å². The fourth-order valence-corrected chi connectivity index (χ4v) is 1.99. The van der Waals surface area contributed by atoms with Crippen molar-refractivity contribution < 1.29 is 4.74 Å². The molecule has 1 rings (SSSR count). The zero-order chi connectivity index (χ0) is 12.5. The predicted octanol–water partition coefficient (Wildman–Crippen LogP) is 2.27. The molecule has 102 valence electrons. The van der Waals surface area contributed by atoms with Gasteiger partial charge in [-0.3, -0.25) is 0 Å². The Morgan fingerprint density at radius 2 is 2.00 bits per heavy atom. The van der Waals surface area contributed by atoms with Crippen molar-refractivity contribution in [3.8, 4) is 0 Å². The lowest BCUT2D eigenvalue weighted by molar-refractivity contribution is 0.0441. The summed E-state index contributed by atoms with van der Waals surface area (Å²) >= 11 is 0. The van der Waals surface area contributed by atoms with Gasteiger partial charge in [0.05, 0.1) is 12.7 Å². The van der Waals surface area contributed by atoms with E-state index in [0.29, 0.717) is 6.10 Å². The molecule has 0 aromatic carbocycles. The van der Waals surface area contributed by atoms with Crippen molar-refractivity contribution in [2.45, 2.75) is 58.6 Å². The van der Waals surface area contributed by atoms with Crippen molar-refractivity contribution in [3.63, 3.8) is 0 Å². The zero-order valence-electron chi connectivity index (χ0n) is 11.9. The third kappa shape index (κ3) is 7.74. The molecular formula is C14H30N2O. The zero-order valence-corrected chi connectivity index (χ0v) is 11.9. The third-order valence-corrected chi connectivity index (χ3v) is 3.50. The quantitative estimate of drug-likeness (QED) is 0.563. The number of likely N-dealkylation sites (N-methyl/N-ethyl adjacent to an activating group) is 1. The molecule has 3 nitrogen and oxygen atoms in total. The molecule has 0 amide bonds. The standard InChI is InChI=1S/C14H30N2O/c1-4-16(5-2)11-12-17-13(3)7-6-10-15-14-8-9-14/h13-15H,4-12H2,1-3H3. The van der Waals surface area contributed by atoms with E-state index in [0.717, 1.165) is 38.8 Å². The summed E-state index contributed by atoms with van der Waals surface area (Å²) in [5.41, 5.74) is 0. The maximum Gasteiger partial charge on any atom is 0.0597 e. The first-order chi connectivity index (χ1) is 8.26. The molecule has 1 atom stereocenters. The van der Waals surface area contributed by atoms with E-state index < -0.39 is 0 Å². The molecule has 1 saturated carbocycles. The van der Waals surface area contributed by atoms with Gasteiger partial charge in [0.25, 0.3) is 0 Å². The highest BCUT2D eigenvalue weighted by Crippen LogP contribution is 2.18. The van der Waals surface area contributed by atoms with Gasteiger partial charge in [0.1, 0.15) is 0 Å². The van der Waals surface area contributed by atoms with Gasteiger partial charge in [-0.15, -0.1) is 0 Å². The second kappa shape index (κ2) is 8.90. The van der Waals surface area contributed by atoms with E-state index in [1.165, 1.54) is 25.7 Å². The van der Waals surface area contributed by atoms with Crippen molar-refractivity contribution in [1.29, 1.82) is 0 Å². The highest BCUT2D eigenvalue weighted by atomic mass is 16.5. The van der Waals surface area contributed by atoms with Crippen LogP contribution in [0.25, 0.3) is 0 Å². The van der Waals surface area contributed by atoms with E-state index in [2.05, 4.69) is 31.0 Å². The lowest BCUT2D eigenvalue weighted by Crippen LogP contribution is -2.28. The summed E-state index contributed by atoms with van der Waals surface area (Å²) in [6.07, 6.45) is 5.60. The average Bonchev–Trinajstić information content (AvgIpc) is 3.14.